The quantitative estimate of drug-likeness (QED) is 0.771. The van der Waals surface area contributed by atoms with E-state index in [0.29, 0.717) is 25.7 Å². The Morgan fingerprint density at radius 2 is 1.93 bits per heavy atom. The average molecular weight is 368 g/mol. The number of Topliss-reactive ketones (excluding diaryl/α,β-unsaturated/α-hetero) is 1. The van der Waals surface area contributed by atoms with Gasteiger partial charge in [0.15, 0.2) is 17.3 Å². The molecule has 0 amide bonds. The van der Waals surface area contributed by atoms with E-state index >= 15 is 0 Å². The number of ether oxygens (including phenoxy) is 2. The molecule has 1 atom stereocenters. The summed E-state index contributed by atoms with van der Waals surface area (Å²) in [5.41, 5.74) is 3.86. The van der Waals surface area contributed by atoms with Crippen LogP contribution in [0.2, 0.25) is 0 Å². The molecule has 4 rings (SSSR count). The van der Waals surface area contributed by atoms with Crippen LogP contribution in [0.1, 0.15) is 41.5 Å². The number of rotatable bonds is 4. The van der Waals surface area contributed by atoms with E-state index in [0.717, 1.165) is 47.2 Å². The summed E-state index contributed by atoms with van der Waals surface area (Å²) >= 11 is 0. The van der Waals surface area contributed by atoms with Crippen molar-refractivity contribution in [2.45, 2.75) is 33.6 Å². The Morgan fingerprint density at radius 3 is 2.70 bits per heavy atom. The van der Waals surface area contributed by atoms with Crippen LogP contribution in [0.5, 0.6) is 11.5 Å². The Balaban J connectivity index is 1.59. The fourth-order valence-corrected chi connectivity index (χ4v) is 4.33. The Hall–Kier alpha value is -2.27. The molecule has 5 heteroatoms. The first-order valence-electron chi connectivity index (χ1n) is 9.87. The normalized spacial score (nSPS) is 19.9. The molecule has 0 radical (unpaired) electrons. The van der Waals surface area contributed by atoms with Gasteiger partial charge in [0.2, 0.25) is 0 Å². The monoisotopic (exact) mass is 368 g/mol. The number of nitrogens with zero attached hydrogens (tertiary/aromatic N) is 2. The highest BCUT2D eigenvalue weighted by atomic mass is 16.6. The van der Waals surface area contributed by atoms with Crippen molar-refractivity contribution in [1.29, 1.82) is 0 Å². The third-order valence-corrected chi connectivity index (χ3v) is 5.62. The van der Waals surface area contributed by atoms with E-state index in [9.17, 15) is 4.79 Å². The second kappa shape index (κ2) is 7.39. The van der Waals surface area contributed by atoms with Gasteiger partial charge in [0.25, 0.3) is 0 Å². The predicted molar refractivity (Wildman–Crippen MR) is 105 cm³/mol. The first kappa shape index (κ1) is 18.1. The molecule has 1 fully saturated rings. The molecule has 2 aliphatic heterocycles. The Morgan fingerprint density at radius 1 is 1.15 bits per heavy atom. The summed E-state index contributed by atoms with van der Waals surface area (Å²) in [5.74, 6) is 2.43. The van der Waals surface area contributed by atoms with Crippen molar-refractivity contribution in [1.82, 2.24) is 9.47 Å². The number of ketones is 1. The van der Waals surface area contributed by atoms with E-state index in [1.54, 1.807) is 0 Å². The van der Waals surface area contributed by atoms with Crippen LogP contribution < -0.4 is 9.47 Å². The Bertz CT molecular complexity index is 855. The van der Waals surface area contributed by atoms with Gasteiger partial charge < -0.3 is 14.0 Å². The molecule has 2 aliphatic rings. The number of carbonyl (C=O) groups excluding carboxylic acids is 1. The number of benzene rings is 1. The molecule has 0 spiro atoms. The van der Waals surface area contributed by atoms with Crippen LogP contribution in [0.25, 0.3) is 5.69 Å². The molecule has 3 heterocycles. The van der Waals surface area contributed by atoms with Crippen molar-refractivity contribution in [2.75, 3.05) is 32.8 Å². The molecule has 0 bridgehead atoms. The minimum atomic E-state index is 0.209. The van der Waals surface area contributed by atoms with Gasteiger partial charge in [0.1, 0.15) is 13.2 Å². The molecule has 27 heavy (non-hydrogen) atoms. The van der Waals surface area contributed by atoms with Crippen LogP contribution in [0.4, 0.5) is 0 Å². The molecule has 1 saturated heterocycles. The first-order valence-corrected chi connectivity index (χ1v) is 9.87. The lowest BCUT2D eigenvalue weighted by atomic mass is 9.99. The van der Waals surface area contributed by atoms with Crippen molar-refractivity contribution in [3.05, 3.63) is 41.2 Å². The van der Waals surface area contributed by atoms with Gasteiger partial charge in [0.05, 0.1) is 6.54 Å². The number of likely N-dealkylation sites (tertiary alicyclic amines) is 1. The van der Waals surface area contributed by atoms with E-state index in [2.05, 4.69) is 16.4 Å². The SMILES string of the molecule is Cc1cc(C(=O)CN2CCCC(C)C2)c(C)n1-c1ccc2c(c1)OCCO2. The third kappa shape index (κ3) is 3.61. The maximum atomic E-state index is 13.0. The molecule has 1 aromatic carbocycles. The molecule has 0 N–H and O–H groups in total. The van der Waals surface area contributed by atoms with Gasteiger partial charge >= 0.3 is 0 Å². The lowest BCUT2D eigenvalue weighted by Crippen LogP contribution is -2.38. The zero-order valence-electron chi connectivity index (χ0n) is 16.5. The lowest BCUT2D eigenvalue weighted by molar-refractivity contribution is 0.0892. The van der Waals surface area contributed by atoms with Crippen molar-refractivity contribution < 1.29 is 14.3 Å². The van der Waals surface area contributed by atoms with Crippen molar-refractivity contribution in [3.63, 3.8) is 0 Å². The van der Waals surface area contributed by atoms with Crippen molar-refractivity contribution in [2.24, 2.45) is 5.92 Å². The second-order valence-electron chi connectivity index (χ2n) is 7.85. The van der Waals surface area contributed by atoms with Crippen LogP contribution in [-0.2, 0) is 0 Å². The topological polar surface area (TPSA) is 43.7 Å². The molecule has 1 aromatic heterocycles. The smallest absolute Gasteiger partial charge is 0.178 e. The van der Waals surface area contributed by atoms with Gasteiger partial charge in [-0.3, -0.25) is 9.69 Å². The number of piperidine rings is 1. The molecule has 0 aliphatic carbocycles. The number of carbonyl (C=O) groups is 1. The highest BCUT2D eigenvalue weighted by molar-refractivity contribution is 5.99. The molecule has 1 unspecified atom stereocenters. The summed E-state index contributed by atoms with van der Waals surface area (Å²) in [6.07, 6.45) is 2.45. The summed E-state index contributed by atoms with van der Waals surface area (Å²) < 4.78 is 13.5. The second-order valence-corrected chi connectivity index (χ2v) is 7.85. The Labute approximate surface area is 160 Å². The van der Waals surface area contributed by atoms with Crippen molar-refractivity contribution in [3.8, 4) is 17.2 Å². The zero-order chi connectivity index (χ0) is 19.0. The third-order valence-electron chi connectivity index (χ3n) is 5.62. The maximum Gasteiger partial charge on any atom is 0.178 e. The number of hydrogen-bond donors (Lipinski definition) is 0. The van der Waals surface area contributed by atoms with Gasteiger partial charge in [-0.05, 0) is 57.4 Å². The van der Waals surface area contributed by atoms with Crippen LogP contribution in [0.3, 0.4) is 0 Å². The number of aromatic nitrogens is 1. The van der Waals surface area contributed by atoms with Gasteiger partial charge in [-0.1, -0.05) is 6.92 Å². The Kier molecular flexibility index (Phi) is 4.96. The standard InChI is InChI=1S/C22H28N2O3/c1-15-5-4-8-23(13-15)14-20(25)19-11-16(2)24(17(19)3)18-6-7-21-22(12-18)27-10-9-26-21/h6-7,11-12,15H,4-5,8-10,13-14H2,1-3H3. The van der Waals surface area contributed by atoms with E-state index in [1.807, 2.05) is 38.1 Å². The fraction of sp³-hybridized carbons (Fsp3) is 0.500. The molecular formula is C22H28N2O3. The van der Waals surface area contributed by atoms with Gasteiger partial charge in [0, 0.05) is 35.2 Å². The molecule has 0 saturated carbocycles. The highest BCUT2D eigenvalue weighted by Gasteiger charge is 2.23. The fourth-order valence-electron chi connectivity index (χ4n) is 4.33. The predicted octanol–water partition coefficient (Wildman–Crippen LogP) is 3.78. The summed E-state index contributed by atoms with van der Waals surface area (Å²) in [5, 5.41) is 0. The number of aryl methyl sites for hydroxylation is 1. The van der Waals surface area contributed by atoms with Gasteiger partial charge in [-0.2, -0.15) is 0 Å². The van der Waals surface area contributed by atoms with Crippen molar-refractivity contribution >= 4 is 5.78 Å². The number of fused-ring (bicyclic) bond motifs is 1. The van der Waals surface area contributed by atoms with Crippen LogP contribution in [0, 0.1) is 19.8 Å². The van der Waals surface area contributed by atoms with Crippen LogP contribution in [-0.4, -0.2) is 48.1 Å². The maximum absolute atomic E-state index is 13.0. The van der Waals surface area contributed by atoms with Crippen LogP contribution in [0.15, 0.2) is 24.3 Å². The minimum Gasteiger partial charge on any atom is -0.486 e. The summed E-state index contributed by atoms with van der Waals surface area (Å²) in [6, 6.07) is 7.98. The van der Waals surface area contributed by atoms with E-state index in [1.165, 1.54) is 12.8 Å². The summed E-state index contributed by atoms with van der Waals surface area (Å²) in [7, 11) is 0. The average Bonchev–Trinajstić information content (AvgIpc) is 2.96. The van der Waals surface area contributed by atoms with E-state index in [-0.39, 0.29) is 5.78 Å². The highest BCUT2D eigenvalue weighted by Crippen LogP contribution is 2.33. The van der Waals surface area contributed by atoms with Gasteiger partial charge in [-0.25, -0.2) is 0 Å². The molecule has 144 valence electrons. The summed E-state index contributed by atoms with van der Waals surface area (Å²) in [6.45, 7) is 10.0. The molecule has 2 aromatic rings. The van der Waals surface area contributed by atoms with Gasteiger partial charge in [-0.15, -0.1) is 0 Å². The van der Waals surface area contributed by atoms with E-state index in [4.69, 9.17) is 9.47 Å². The largest absolute Gasteiger partial charge is 0.486 e. The number of hydrogen-bond acceptors (Lipinski definition) is 4. The first-order chi connectivity index (χ1) is 13.0. The minimum absolute atomic E-state index is 0.209. The van der Waals surface area contributed by atoms with E-state index < -0.39 is 0 Å². The molecule has 5 nitrogen and oxygen atoms in total. The molecular weight excluding hydrogens is 340 g/mol. The zero-order valence-corrected chi connectivity index (χ0v) is 16.5. The lowest BCUT2D eigenvalue weighted by Gasteiger charge is -2.30. The summed E-state index contributed by atoms with van der Waals surface area (Å²) in [4.78, 5) is 15.3. The van der Waals surface area contributed by atoms with Crippen LogP contribution >= 0.6 is 0 Å².